The minimum absolute atomic E-state index is 0.457. The number of anilines is 1. The molecule has 0 fully saturated rings. The number of hydrogen-bond donors (Lipinski definition) is 2. The second-order valence-corrected chi connectivity index (χ2v) is 4.88. The molecule has 2 aromatic heterocycles. The molecule has 0 spiro atoms. The first-order valence-electron chi connectivity index (χ1n) is 5.42. The topological polar surface area (TPSA) is 80.5 Å². The Balaban J connectivity index is 2.05. The number of aromatic amines is 1. The summed E-state index contributed by atoms with van der Waals surface area (Å²) in [6.45, 7) is 0. The van der Waals surface area contributed by atoms with E-state index in [1.54, 1.807) is 0 Å². The Bertz CT molecular complexity index is 707. The highest BCUT2D eigenvalue weighted by Crippen LogP contribution is 2.22. The van der Waals surface area contributed by atoms with Crippen LogP contribution in [0.5, 0.6) is 0 Å². The van der Waals surface area contributed by atoms with Crippen molar-refractivity contribution < 1.29 is 0 Å². The smallest absolute Gasteiger partial charge is 0.186 e. The molecular formula is C12H10BrN5. The van der Waals surface area contributed by atoms with Gasteiger partial charge in [0.05, 0.1) is 11.1 Å². The third-order valence-corrected chi connectivity index (χ3v) is 3.22. The van der Waals surface area contributed by atoms with Crippen LogP contribution >= 0.6 is 15.9 Å². The van der Waals surface area contributed by atoms with E-state index in [2.05, 4.69) is 48.2 Å². The van der Waals surface area contributed by atoms with Gasteiger partial charge in [0, 0.05) is 10.9 Å². The highest BCUT2D eigenvalue weighted by atomic mass is 79.9. The summed E-state index contributed by atoms with van der Waals surface area (Å²) in [6.07, 6.45) is 2.13. The van der Waals surface area contributed by atoms with Crippen molar-refractivity contribution in [2.45, 2.75) is 6.42 Å². The summed E-state index contributed by atoms with van der Waals surface area (Å²) in [6, 6.07) is 8.11. The van der Waals surface area contributed by atoms with Gasteiger partial charge in [0.15, 0.2) is 5.65 Å². The largest absolute Gasteiger partial charge is 0.383 e. The van der Waals surface area contributed by atoms with Crippen molar-refractivity contribution >= 4 is 32.8 Å². The summed E-state index contributed by atoms with van der Waals surface area (Å²) >= 11 is 3.46. The second-order valence-electron chi connectivity index (χ2n) is 3.97. The zero-order valence-electron chi connectivity index (χ0n) is 9.39. The average molecular weight is 304 g/mol. The third-order valence-electron chi connectivity index (χ3n) is 2.73. The van der Waals surface area contributed by atoms with Crippen molar-refractivity contribution in [1.82, 2.24) is 20.2 Å². The minimum Gasteiger partial charge on any atom is -0.383 e. The molecule has 1 aromatic carbocycles. The lowest BCUT2D eigenvalue weighted by atomic mass is 10.1. The first-order chi connectivity index (χ1) is 8.74. The third kappa shape index (κ3) is 1.95. The summed E-state index contributed by atoms with van der Waals surface area (Å²) in [5.74, 6) is 0.457. The Labute approximate surface area is 112 Å². The molecular weight excluding hydrogens is 294 g/mol. The maximum absolute atomic E-state index is 5.86. The Morgan fingerprint density at radius 1 is 1.28 bits per heavy atom. The summed E-state index contributed by atoms with van der Waals surface area (Å²) < 4.78 is 1.05. The van der Waals surface area contributed by atoms with E-state index in [0.29, 0.717) is 17.9 Å². The quantitative estimate of drug-likeness (QED) is 0.761. The summed E-state index contributed by atoms with van der Waals surface area (Å²) in [5, 5.41) is 7.91. The maximum Gasteiger partial charge on any atom is 0.186 e. The van der Waals surface area contributed by atoms with Gasteiger partial charge in [0.25, 0.3) is 0 Å². The zero-order chi connectivity index (χ0) is 12.5. The van der Waals surface area contributed by atoms with Crippen LogP contribution < -0.4 is 5.73 Å². The number of nitrogens with zero attached hydrogens (tertiary/aromatic N) is 3. The van der Waals surface area contributed by atoms with E-state index in [0.717, 1.165) is 21.1 Å². The molecule has 3 N–H and O–H groups in total. The van der Waals surface area contributed by atoms with Crippen molar-refractivity contribution in [3.63, 3.8) is 0 Å². The molecule has 5 nitrogen and oxygen atoms in total. The SMILES string of the molecule is Nc1ncnc2n[nH]c(Cc3cccc(Br)c3)c12. The van der Waals surface area contributed by atoms with Crippen LogP contribution in [0.15, 0.2) is 35.1 Å². The van der Waals surface area contributed by atoms with E-state index < -0.39 is 0 Å². The van der Waals surface area contributed by atoms with Crippen LogP contribution in [0.3, 0.4) is 0 Å². The number of fused-ring (bicyclic) bond motifs is 1. The molecule has 90 valence electrons. The van der Waals surface area contributed by atoms with E-state index in [9.17, 15) is 0 Å². The predicted octanol–water partition coefficient (Wildman–Crippen LogP) is 2.29. The Morgan fingerprint density at radius 2 is 2.17 bits per heavy atom. The van der Waals surface area contributed by atoms with Gasteiger partial charge in [-0.2, -0.15) is 5.10 Å². The molecule has 0 aliphatic heterocycles. The fraction of sp³-hybridized carbons (Fsp3) is 0.0833. The van der Waals surface area contributed by atoms with E-state index in [1.165, 1.54) is 6.33 Å². The predicted molar refractivity (Wildman–Crippen MR) is 73.0 cm³/mol. The molecule has 2 heterocycles. The number of nitrogens with one attached hydrogen (secondary N) is 1. The molecule has 0 saturated carbocycles. The number of nitrogen functional groups attached to an aromatic ring is 1. The van der Waals surface area contributed by atoms with Crippen LogP contribution in [0.4, 0.5) is 5.82 Å². The van der Waals surface area contributed by atoms with Crippen LogP contribution in [-0.4, -0.2) is 20.2 Å². The van der Waals surface area contributed by atoms with Gasteiger partial charge in [-0.05, 0) is 17.7 Å². The van der Waals surface area contributed by atoms with Crippen molar-refractivity contribution in [2.24, 2.45) is 0 Å². The first-order valence-corrected chi connectivity index (χ1v) is 6.21. The van der Waals surface area contributed by atoms with E-state index in [4.69, 9.17) is 5.73 Å². The molecule has 0 aliphatic rings. The number of benzene rings is 1. The van der Waals surface area contributed by atoms with Crippen molar-refractivity contribution in [2.75, 3.05) is 5.73 Å². The zero-order valence-corrected chi connectivity index (χ0v) is 11.0. The van der Waals surface area contributed by atoms with Crippen LogP contribution in [0.2, 0.25) is 0 Å². The van der Waals surface area contributed by atoms with Gasteiger partial charge in [-0.25, -0.2) is 9.97 Å². The van der Waals surface area contributed by atoms with Gasteiger partial charge < -0.3 is 5.73 Å². The lowest BCUT2D eigenvalue weighted by Crippen LogP contribution is -1.95. The van der Waals surface area contributed by atoms with Gasteiger partial charge in [0.1, 0.15) is 12.1 Å². The molecule has 0 bridgehead atoms. The van der Waals surface area contributed by atoms with Gasteiger partial charge in [-0.15, -0.1) is 0 Å². The van der Waals surface area contributed by atoms with Crippen LogP contribution in [0, 0.1) is 0 Å². The van der Waals surface area contributed by atoms with Gasteiger partial charge in [0.2, 0.25) is 0 Å². The number of halogens is 1. The molecule has 0 aliphatic carbocycles. The molecule has 18 heavy (non-hydrogen) atoms. The fourth-order valence-electron chi connectivity index (χ4n) is 1.92. The van der Waals surface area contributed by atoms with Crippen LogP contribution in [-0.2, 0) is 6.42 Å². The number of aromatic nitrogens is 4. The lowest BCUT2D eigenvalue weighted by molar-refractivity contribution is 1.00. The maximum atomic E-state index is 5.86. The highest BCUT2D eigenvalue weighted by molar-refractivity contribution is 9.10. The summed E-state index contributed by atoms with van der Waals surface area (Å²) in [7, 11) is 0. The number of hydrogen-bond acceptors (Lipinski definition) is 4. The van der Waals surface area contributed by atoms with E-state index >= 15 is 0 Å². The average Bonchev–Trinajstić information content (AvgIpc) is 2.74. The normalized spacial score (nSPS) is 10.9. The summed E-state index contributed by atoms with van der Waals surface area (Å²) in [4.78, 5) is 8.08. The van der Waals surface area contributed by atoms with Gasteiger partial charge >= 0.3 is 0 Å². The molecule has 0 unspecified atom stereocenters. The highest BCUT2D eigenvalue weighted by Gasteiger charge is 2.10. The first kappa shape index (κ1) is 11.2. The van der Waals surface area contributed by atoms with Crippen LogP contribution in [0.25, 0.3) is 11.0 Å². The number of H-pyrrole nitrogens is 1. The number of rotatable bonds is 2. The monoisotopic (exact) mass is 303 g/mol. The van der Waals surface area contributed by atoms with Gasteiger partial charge in [-0.1, -0.05) is 28.1 Å². The minimum atomic E-state index is 0.457. The fourth-order valence-corrected chi connectivity index (χ4v) is 2.37. The number of nitrogens with two attached hydrogens (primary N) is 1. The second kappa shape index (κ2) is 4.38. The van der Waals surface area contributed by atoms with Crippen molar-refractivity contribution in [3.05, 3.63) is 46.3 Å². The molecule has 3 aromatic rings. The van der Waals surface area contributed by atoms with Gasteiger partial charge in [-0.3, -0.25) is 5.10 Å². The van der Waals surface area contributed by atoms with E-state index in [-0.39, 0.29) is 0 Å². The van der Waals surface area contributed by atoms with Crippen LogP contribution in [0.1, 0.15) is 11.3 Å². The standard InChI is InChI=1S/C12H10BrN5/c13-8-3-1-2-7(4-8)5-9-10-11(14)15-6-16-12(10)18-17-9/h1-4,6H,5H2,(H3,14,15,16,17,18). The Kier molecular flexibility index (Phi) is 2.71. The Hall–Kier alpha value is -1.95. The molecule has 6 heteroatoms. The van der Waals surface area contributed by atoms with E-state index in [1.807, 2.05) is 12.1 Å². The molecule has 0 amide bonds. The van der Waals surface area contributed by atoms with Crippen molar-refractivity contribution in [1.29, 1.82) is 0 Å². The van der Waals surface area contributed by atoms with Crippen molar-refractivity contribution in [3.8, 4) is 0 Å². The molecule has 0 atom stereocenters. The molecule has 3 rings (SSSR count). The Morgan fingerprint density at radius 3 is 3.00 bits per heavy atom. The molecule has 0 saturated heterocycles. The molecule has 0 radical (unpaired) electrons. The summed E-state index contributed by atoms with van der Waals surface area (Å²) in [5.41, 5.74) is 8.57. The lowest BCUT2D eigenvalue weighted by Gasteiger charge is -2.01.